The van der Waals surface area contributed by atoms with E-state index in [0.29, 0.717) is 5.78 Å². The second-order valence-electron chi connectivity index (χ2n) is 4.59. The Balaban J connectivity index is 1.99. The van der Waals surface area contributed by atoms with Gasteiger partial charge in [-0.1, -0.05) is 30.7 Å². The van der Waals surface area contributed by atoms with Crippen LogP contribution in [0.3, 0.4) is 0 Å². The zero-order valence-corrected chi connectivity index (χ0v) is 9.48. The highest BCUT2D eigenvalue weighted by molar-refractivity contribution is 5.81. The maximum Gasteiger partial charge on any atom is 0.136 e. The molecule has 0 aromatic heterocycles. The van der Waals surface area contributed by atoms with E-state index in [1.165, 1.54) is 12.0 Å². The lowest BCUT2D eigenvalue weighted by Gasteiger charge is -2.20. The first-order valence-corrected chi connectivity index (χ1v) is 6.01. The molecule has 2 heteroatoms. The highest BCUT2D eigenvalue weighted by Gasteiger charge is 2.21. The van der Waals surface area contributed by atoms with E-state index in [9.17, 15) is 4.79 Å². The third-order valence-corrected chi connectivity index (χ3v) is 3.37. The van der Waals surface area contributed by atoms with Crippen LogP contribution in [0.25, 0.3) is 0 Å². The van der Waals surface area contributed by atoms with Gasteiger partial charge in [0, 0.05) is 12.3 Å². The average molecular weight is 218 g/mol. The van der Waals surface area contributed by atoms with E-state index in [0.717, 1.165) is 31.2 Å². The Bertz CT molecular complexity index is 354. The molecule has 0 amide bonds. The summed E-state index contributed by atoms with van der Waals surface area (Å²) in [6, 6.07) is 7.91. The number of hydrogen-bond acceptors (Lipinski definition) is 2. The van der Waals surface area contributed by atoms with Crippen molar-refractivity contribution in [3.05, 3.63) is 35.4 Å². The molecule has 1 aliphatic carbocycles. The largest absolute Gasteiger partial charge is 0.392 e. The molecular weight excluding hydrogens is 200 g/mol. The Morgan fingerprint density at radius 3 is 2.44 bits per heavy atom. The fourth-order valence-electron chi connectivity index (χ4n) is 2.34. The molecule has 1 saturated carbocycles. The van der Waals surface area contributed by atoms with E-state index in [1.807, 2.05) is 24.3 Å². The minimum absolute atomic E-state index is 0.0860. The van der Waals surface area contributed by atoms with Gasteiger partial charge in [0.05, 0.1) is 6.61 Å². The molecule has 0 aliphatic heterocycles. The first-order chi connectivity index (χ1) is 7.79. The van der Waals surface area contributed by atoms with Crippen LogP contribution in [0.5, 0.6) is 0 Å². The molecule has 0 heterocycles. The Morgan fingerprint density at radius 2 is 1.81 bits per heavy atom. The van der Waals surface area contributed by atoms with Crippen molar-refractivity contribution in [2.24, 2.45) is 5.92 Å². The summed E-state index contributed by atoms with van der Waals surface area (Å²) in [5.41, 5.74) is 2.14. The van der Waals surface area contributed by atoms with Crippen molar-refractivity contribution in [1.29, 1.82) is 0 Å². The van der Waals surface area contributed by atoms with Crippen molar-refractivity contribution >= 4 is 5.78 Å². The zero-order valence-electron chi connectivity index (χ0n) is 9.48. The van der Waals surface area contributed by atoms with E-state index >= 15 is 0 Å². The SMILES string of the molecule is O=C1CCCCC1Cc1ccc(CO)cc1. The molecular formula is C14H18O2. The second-order valence-corrected chi connectivity index (χ2v) is 4.59. The maximum absolute atomic E-state index is 11.7. The lowest BCUT2D eigenvalue weighted by atomic mass is 9.84. The van der Waals surface area contributed by atoms with Crippen molar-refractivity contribution in [2.45, 2.75) is 38.7 Å². The summed E-state index contributed by atoms with van der Waals surface area (Å²) >= 11 is 0. The minimum atomic E-state index is 0.0860. The fourth-order valence-corrected chi connectivity index (χ4v) is 2.34. The van der Waals surface area contributed by atoms with Crippen molar-refractivity contribution in [3.8, 4) is 0 Å². The number of carbonyl (C=O) groups is 1. The normalized spacial score (nSPS) is 21.1. The highest BCUT2D eigenvalue weighted by Crippen LogP contribution is 2.24. The molecule has 0 bridgehead atoms. The summed E-state index contributed by atoms with van der Waals surface area (Å²) in [4.78, 5) is 11.7. The molecule has 1 aliphatic rings. The molecule has 86 valence electrons. The molecule has 1 unspecified atom stereocenters. The lowest BCUT2D eigenvalue weighted by Crippen LogP contribution is -2.20. The van der Waals surface area contributed by atoms with Gasteiger partial charge in [0.1, 0.15) is 5.78 Å². The van der Waals surface area contributed by atoms with Gasteiger partial charge in [-0.25, -0.2) is 0 Å². The molecule has 16 heavy (non-hydrogen) atoms. The summed E-state index contributed by atoms with van der Waals surface area (Å²) in [7, 11) is 0. The molecule has 2 nitrogen and oxygen atoms in total. The third kappa shape index (κ3) is 2.70. The van der Waals surface area contributed by atoms with Crippen LogP contribution in [0.15, 0.2) is 24.3 Å². The van der Waals surface area contributed by atoms with Crippen LogP contribution in [0.1, 0.15) is 36.8 Å². The zero-order chi connectivity index (χ0) is 11.4. The number of hydrogen-bond donors (Lipinski definition) is 1. The summed E-state index contributed by atoms with van der Waals surface area (Å²) in [5, 5.41) is 8.94. The summed E-state index contributed by atoms with van der Waals surface area (Å²) in [6.45, 7) is 0.0860. The Morgan fingerprint density at radius 1 is 1.12 bits per heavy atom. The first kappa shape index (κ1) is 11.3. The number of aliphatic hydroxyl groups excluding tert-OH is 1. The predicted molar refractivity (Wildman–Crippen MR) is 63.0 cm³/mol. The van der Waals surface area contributed by atoms with Gasteiger partial charge < -0.3 is 5.11 Å². The molecule has 0 saturated heterocycles. The van der Waals surface area contributed by atoms with Gasteiger partial charge in [0.2, 0.25) is 0 Å². The average Bonchev–Trinajstić information content (AvgIpc) is 2.33. The topological polar surface area (TPSA) is 37.3 Å². The molecule has 1 atom stereocenters. The quantitative estimate of drug-likeness (QED) is 0.846. The van der Waals surface area contributed by atoms with Crippen LogP contribution in [0.2, 0.25) is 0 Å². The van der Waals surface area contributed by atoms with Crippen LogP contribution in [0, 0.1) is 5.92 Å². The smallest absolute Gasteiger partial charge is 0.136 e. The monoisotopic (exact) mass is 218 g/mol. The van der Waals surface area contributed by atoms with Crippen LogP contribution >= 0.6 is 0 Å². The molecule has 0 radical (unpaired) electrons. The second kappa shape index (κ2) is 5.26. The fraction of sp³-hybridized carbons (Fsp3) is 0.500. The number of benzene rings is 1. The van der Waals surface area contributed by atoms with Gasteiger partial charge >= 0.3 is 0 Å². The van der Waals surface area contributed by atoms with E-state index in [2.05, 4.69) is 0 Å². The van der Waals surface area contributed by atoms with Crippen LogP contribution in [0.4, 0.5) is 0 Å². The van der Waals surface area contributed by atoms with Crippen molar-refractivity contribution in [3.63, 3.8) is 0 Å². The van der Waals surface area contributed by atoms with E-state index in [4.69, 9.17) is 5.11 Å². The molecule has 1 aromatic rings. The molecule has 1 N–H and O–H groups in total. The lowest BCUT2D eigenvalue weighted by molar-refractivity contribution is -0.124. The van der Waals surface area contributed by atoms with Gasteiger partial charge in [0.15, 0.2) is 0 Å². The first-order valence-electron chi connectivity index (χ1n) is 6.01. The van der Waals surface area contributed by atoms with Gasteiger partial charge in [-0.3, -0.25) is 4.79 Å². The number of carbonyl (C=O) groups excluding carboxylic acids is 1. The Kier molecular flexibility index (Phi) is 3.73. The summed E-state index contributed by atoms with van der Waals surface area (Å²) < 4.78 is 0. The van der Waals surface area contributed by atoms with E-state index in [-0.39, 0.29) is 12.5 Å². The molecule has 1 fully saturated rings. The number of ketones is 1. The standard InChI is InChI=1S/C14H18O2/c15-10-12-7-5-11(6-8-12)9-13-3-1-2-4-14(13)16/h5-8,13,15H,1-4,9-10H2. The van der Waals surface area contributed by atoms with Gasteiger partial charge in [-0.2, -0.15) is 0 Å². The number of aliphatic hydroxyl groups is 1. The predicted octanol–water partition coefficient (Wildman–Crippen LogP) is 2.48. The van der Waals surface area contributed by atoms with Gasteiger partial charge in [-0.15, -0.1) is 0 Å². The van der Waals surface area contributed by atoms with Crippen molar-refractivity contribution in [1.82, 2.24) is 0 Å². The maximum atomic E-state index is 11.7. The molecule has 2 rings (SSSR count). The Labute approximate surface area is 96.3 Å². The number of Topliss-reactive ketones (excluding diaryl/α,β-unsaturated/α-hetero) is 1. The highest BCUT2D eigenvalue weighted by atomic mass is 16.3. The van der Waals surface area contributed by atoms with Crippen LogP contribution < -0.4 is 0 Å². The van der Waals surface area contributed by atoms with E-state index in [1.54, 1.807) is 0 Å². The summed E-state index contributed by atoms with van der Waals surface area (Å²) in [6.07, 6.45) is 4.93. The van der Waals surface area contributed by atoms with Crippen molar-refractivity contribution in [2.75, 3.05) is 0 Å². The minimum Gasteiger partial charge on any atom is -0.392 e. The summed E-state index contributed by atoms with van der Waals surface area (Å²) in [5.74, 6) is 0.659. The molecule has 1 aromatic carbocycles. The third-order valence-electron chi connectivity index (χ3n) is 3.37. The van der Waals surface area contributed by atoms with Gasteiger partial charge in [0.25, 0.3) is 0 Å². The number of rotatable bonds is 3. The van der Waals surface area contributed by atoms with E-state index < -0.39 is 0 Å². The molecule has 0 spiro atoms. The van der Waals surface area contributed by atoms with Gasteiger partial charge in [-0.05, 0) is 30.4 Å². The Hall–Kier alpha value is -1.15. The van der Waals surface area contributed by atoms with Crippen molar-refractivity contribution < 1.29 is 9.90 Å². The van der Waals surface area contributed by atoms with Crippen LogP contribution in [-0.2, 0) is 17.8 Å². The van der Waals surface area contributed by atoms with Crippen LogP contribution in [-0.4, -0.2) is 10.9 Å².